The molecular weight excluding hydrogens is 366 g/mol. The number of rotatable bonds is 5. The van der Waals surface area contributed by atoms with Gasteiger partial charge in [-0.3, -0.25) is 9.59 Å². The van der Waals surface area contributed by atoms with E-state index in [2.05, 4.69) is 5.32 Å². The summed E-state index contributed by atoms with van der Waals surface area (Å²) in [5.74, 6) is -0.267. The van der Waals surface area contributed by atoms with Crippen LogP contribution >= 0.6 is 0 Å². The van der Waals surface area contributed by atoms with Crippen LogP contribution in [0.3, 0.4) is 0 Å². The SMILES string of the molecule is CN(C)S(=O)(=O)c1ccc(NC(=O)c2cccc(N3CCCC3=O)c2)cc1. The molecule has 0 atom stereocenters. The Kier molecular flexibility index (Phi) is 5.29. The van der Waals surface area contributed by atoms with E-state index in [0.717, 1.165) is 10.7 Å². The lowest BCUT2D eigenvalue weighted by atomic mass is 10.1. The third kappa shape index (κ3) is 4.01. The van der Waals surface area contributed by atoms with E-state index in [1.807, 2.05) is 0 Å². The molecule has 8 heteroatoms. The molecule has 0 aromatic heterocycles. The highest BCUT2D eigenvalue weighted by molar-refractivity contribution is 7.89. The van der Waals surface area contributed by atoms with E-state index < -0.39 is 10.0 Å². The van der Waals surface area contributed by atoms with Gasteiger partial charge < -0.3 is 10.2 Å². The van der Waals surface area contributed by atoms with Gasteiger partial charge in [-0.05, 0) is 48.9 Å². The van der Waals surface area contributed by atoms with Crippen LogP contribution in [0.5, 0.6) is 0 Å². The van der Waals surface area contributed by atoms with Gasteiger partial charge in [0.05, 0.1) is 4.90 Å². The Balaban J connectivity index is 1.75. The lowest BCUT2D eigenvalue weighted by molar-refractivity contribution is -0.117. The molecular formula is C19H21N3O4S. The molecule has 27 heavy (non-hydrogen) atoms. The van der Waals surface area contributed by atoms with Crippen LogP contribution in [-0.2, 0) is 14.8 Å². The van der Waals surface area contributed by atoms with Gasteiger partial charge in [0.15, 0.2) is 0 Å². The second kappa shape index (κ2) is 7.50. The number of amides is 2. The molecule has 1 N–H and O–H groups in total. The molecule has 1 aliphatic rings. The number of hydrogen-bond acceptors (Lipinski definition) is 4. The average molecular weight is 387 g/mol. The smallest absolute Gasteiger partial charge is 0.255 e. The van der Waals surface area contributed by atoms with E-state index >= 15 is 0 Å². The van der Waals surface area contributed by atoms with Gasteiger partial charge in [-0.15, -0.1) is 0 Å². The highest BCUT2D eigenvalue weighted by Gasteiger charge is 2.22. The number of sulfonamides is 1. The van der Waals surface area contributed by atoms with Crippen LogP contribution in [0.4, 0.5) is 11.4 Å². The van der Waals surface area contributed by atoms with Gasteiger partial charge in [0, 0.05) is 44.0 Å². The van der Waals surface area contributed by atoms with E-state index in [1.165, 1.54) is 26.2 Å². The van der Waals surface area contributed by atoms with Gasteiger partial charge in [-0.25, -0.2) is 12.7 Å². The Labute approximate surface area is 158 Å². The fourth-order valence-electron chi connectivity index (χ4n) is 2.86. The Morgan fingerprint density at radius 2 is 1.81 bits per heavy atom. The van der Waals surface area contributed by atoms with Crippen molar-refractivity contribution in [3.8, 4) is 0 Å². The molecule has 0 bridgehead atoms. The molecule has 2 aromatic carbocycles. The van der Waals surface area contributed by atoms with Crippen molar-refractivity contribution in [1.29, 1.82) is 0 Å². The van der Waals surface area contributed by atoms with Gasteiger partial charge in [0.25, 0.3) is 5.91 Å². The highest BCUT2D eigenvalue weighted by Crippen LogP contribution is 2.23. The molecule has 3 rings (SSSR count). The zero-order valence-corrected chi connectivity index (χ0v) is 16.0. The zero-order chi connectivity index (χ0) is 19.6. The lowest BCUT2D eigenvalue weighted by Gasteiger charge is -2.16. The molecule has 1 fully saturated rings. The Morgan fingerprint density at radius 1 is 1.11 bits per heavy atom. The molecule has 0 saturated carbocycles. The summed E-state index contributed by atoms with van der Waals surface area (Å²) in [5.41, 5.74) is 1.62. The molecule has 142 valence electrons. The first kappa shape index (κ1) is 19.1. The summed E-state index contributed by atoms with van der Waals surface area (Å²) in [4.78, 5) is 26.2. The molecule has 0 radical (unpaired) electrons. The predicted octanol–water partition coefficient (Wildman–Crippen LogP) is 2.32. The van der Waals surface area contributed by atoms with Crippen LogP contribution in [0.25, 0.3) is 0 Å². The van der Waals surface area contributed by atoms with Crippen molar-refractivity contribution in [2.24, 2.45) is 0 Å². The van der Waals surface area contributed by atoms with Crippen LogP contribution < -0.4 is 10.2 Å². The number of hydrogen-bond donors (Lipinski definition) is 1. The van der Waals surface area contributed by atoms with E-state index in [1.54, 1.807) is 41.3 Å². The fourth-order valence-corrected chi connectivity index (χ4v) is 3.76. The molecule has 0 unspecified atom stereocenters. The van der Waals surface area contributed by atoms with Crippen LogP contribution in [0, 0.1) is 0 Å². The van der Waals surface area contributed by atoms with Crippen molar-refractivity contribution in [3.05, 3.63) is 54.1 Å². The van der Waals surface area contributed by atoms with E-state index in [0.29, 0.717) is 29.9 Å². The largest absolute Gasteiger partial charge is 0.322 e. The van der Waals surface area contributed by atoms with Crippen molar-refractivity contribution in [3.63, 3.8) is 0 Å². The number of nitrogens with zero attached hydrogens (tertiary/aromatic N) is 2. The molecule has 2 amide bonds. The summed E-state index contributed by atoms with van der Waals surface area (Å²) in [5, 5.41) is 2.74. The third-order valence-corrected chi connectivity index (χ3v) is 6.21. The number of carbonyl (C=O) groups excluding carboxylic acids is 2. The molecule has 1 saturated heterocycles. The van der Waals surface area contributed by atoms with Crippen molar-refractivity contribution >= 4 is 33.2 Å². The fraction of sp³-hybridized carbons (Fsp3) is 0.263. The van der Waals surface area contributed by atoms with Crippen LogP contribution in [0.15, 0.2) is 53.4 Å². The van der Waals surface area contributed by atoms with E-state index in [9.17, 15) is 18.0 Å². The maximum atomic E-state index is 12.5. The molecule has 1 heterocycles. The van der Waals surface area contributed by atoms with Crippen molar-refractivity contribution in [2.75, 3.05) is 30.9 Å². The average Bonchev–Trinajstić information content (AvgIpc) is 3.08. The quantitative estimate of drug-likeness (QED) is 0.853. The van der Waals surface area contributed by atoms with Gasteiger partial charge in [0.1, 0.15) is 0 Å². The maximum absolute atomic E-state index is 12.5. The highest BCUT2D eigenvalue weighted by atomic mass is 32.2. The van der Waals surface area contributed by atoms with Gasteiger partial charge in [0.2, 0.25) is 15.9 Å². The Morgan fingerprint density at radius 3 is 2.41 bits per heavy atom. The number of nitrogens with one attached hydrogen (secondary N) is 1. The first-order valence-corrected chi connectivity index (χ1v) is 9.97. The summed E-state index contributed by atoms with van der Waals surface area (Å²) >= 11 is 0. The van der Waals surface area contributed by atoms with Gasteiger partial charge in [-0.1, -0.05) is 6.07 Å². The number of anilines is 2. The predicted molar refractivity (Wildman–Crippen MR) is 103 cm³/mol. The second-order valence-corrected chi connectivity index (χ2v) is 8.62. The summed E-state index contributed by atoms with van der Waals surface area (Å²) in [7, 11) is -0.589. The first-order valence-electron chi connectivity index (χ1n) is 8.53. The van der Waals surface area contributed by atoms with Crippen molar-refractivity contribution in [1.82, 2.24) is 4.31 Å². The molecule has 0 spiro atoms. The minimum absolute atomic E-state index is 0.0604. The van der Waals surface area contributed by atoms with Crippen LogP contribution in [0.2, 0.25) is 0 Å². The summed E-state index contributed by atoms with van der Waals surface area (Å²) in [6.07, 6.45) is 1.34. The van der Waals surface area contributed by atoms with E-state index in [4.69, 9.17) is 0 Å². The summed E-state index contributed by atoms with van der Waals surface area (Å²) in [6, 6.07) is 12.9. The Bertz CT molecular complexity index is 969. The minimum atomic E-state index is -3.51. The second-order valence-electron chi connectivity index (χ2n) is 6.47. The monoisotopic (exact) mass is 387 g/mol. The topological polar surface area (TPSA) is 86.8 Å². The van der Waals surface area contributed by atoms with Crippen LogP contribution in [0.1, 0.15) is 23.2 Å². The lowest BCUT2D eigenvalue weighted by Crippen LogP contribution is -2.24. The molecule has 0 aliphatic carbocycles. The van der Waals surface area contributed by atoms with E-state index in [-0.39, 0.29) is 16.7 Å². The maximum Gasteiger partial charge on any atom is 0.255 e. The molecule has 1 aliphatic heterocycles. The molecule has 2 aromatic rings. The summed E-state index contributed by atoms with van der Waals surface area (Å²) in [6.45, 7) is 0.658. The summed E-state index contributed by atoms with van der Waals surface area (Å²) < 4.78 is 25.3. The normalized spacial score (nSPS) is 14.6. The number of benzene rings is 2. The van der Waals surface area contributed by atoms with Crippen LogP contribution in [-0.4, -0.2) is 45.2 Å². The van der Waals surface area contributed by atoms with Gasteiger partial charge in [-0.2, -0.15) is 0 Å². The first-order chi connectivity index (χ1) is 12.8. The van der Waals surface area contributed by atoms with Crippen molar-refractivity contribution in [2.45, 2.75) is 17.7 Å². The third-order valence-electron chi connectivity index (χ3n) is 4.38. The molecule has 7 nitrogen and oxygen atoms in total. The van der Waals surface area contributed by atoms with Gasteiger partial charge >= 0.3 is 0 Å². The standard InChI is InChI=1S/C19H21N3O4S/c1-21(2)27(25,26)17-10-8-15(9-11-17)20-19(24)14-5-3-6-16(13-14)22-12-4-7-18(22)23/h3,5-6,8-11,13H,4,7,12H2,1-2H3,(H,20,24). The number of carbonyl (C=O) groups is 2. The Hall–Kier alpha value is -2.71. The zero-order valence-electron chi connectivity index (χ0n) is 15.2. The van der Waals surface area contributed by atoms with Crippen molar-refractivity contribution < 1.29 is 18.0 Å². The minimum Gasteiger partial charge on any atom is -0.322 e.